The van der Waals surface area contributed by atoms with Crippen LogP contribution in [0.4, 0.5) is 0 Å². The third-order valence-corrected chi connectivity index (χ3v) is 7.54. The fourth-order valence-corrected chi connectivity index (χ4v) is 5.58. The van der Waals surface area contributed by atoms with Gasteiger partial charge in [-0.3, -0.25) is 9.69 Å². The Morgan fingerprint density at radius 2 is 1.97 bits per heavy atom. The number of carbonyl (C=O) groups excluding carboxylic acids is 1. The zero-order valence-electron chi connectivity index (χ0n) is 17.8. The van der Waals surface area contributed by atoms with Crippen LogP contribution >= 0.6 is 22.9 Å². The van der Waals surface area contributed by atoms with Gasteiger partial charge in [0.2, 0.25) is 0 Å². The number of hydrogen-bond acceptors (Lipinski definition) is 5. The van der Waals surface area contributed by atoms with Crippen LogP contribution in [0.3, 0.4) is 0 Å². The summed E-state index contributed by atoms with van der Waals surface area (Å²) in [5, 5.41) is 2.32. The number of piperidine rings is 1. The van der Waals surface area contributed by atoms with E-state index in [1.165, 1.54) is 16.9 Å². The second-order valence-electron chi connectivity index (χ2n) is 8.47. The van der Waals surface area contributed by atoms with Crippen molar-refractivity contribution in [3.8, 4) is 5.75 Å². The normalized spacial score (nSPS) is 21.2. The van der Waals surface area contributed by atoms with Gasteiger partial charge in [0, 0.05) is 37.6 Å². The van der Waals surface area contributed by atoms with Crippen molar-refractivity contribution < 1.29 is 9.53 Å². The van der Waals surface area contributed by atoms with Crippen molar-refractivity contribution in [2.24, 2.45) is 0 Å². The van der Waals surface area contributed by atoms with E-state index >= 15 is 0 Å². The van der Waals surface area contributed by atoms with Gasteiger partial charge in [-0.15, -0.1) is 11.3 Å². The summed E-state index contributed by atoms with van der Waals surface area (Å²) in [7, 11) is 0. The van der Waals surface area contributed by atoms with Crippen molar-refractivity contribution in [2.45, 2.75) is 31.4 Å². The van der Waals surface area contributed by atoms with Crippen molar-refractivity contribution in [1.29, 1.82) is 0 Å². The van der Waals surface area contributed by atoms with E-state index in [0.717, 1.165) is 44.7 Å². The van der Waals surface area contributed by atoms with Crippen LogP contribution < -0.4 is 4.74 Å². The van der Waals surface area contributed by atoms with Gasteiger partial charge < -0.3 is 9.64 Å². The molecule has 0 unspecified atom stereocenters. The van der Waals surface area contributed by atoms with E-state index in [-0.39, 0.29) is 5.91 Å². The molecule has 5 nitrogen and oxygen atoms in total. The van der Waals surface area contributed by atoms with Crippen molar-refractivity contribution in [1.82, 2.24) is 14.8 Å². The Bertz CT molecular complexity index is 1060. The van der Waals surface area contributed by atoms with E-state index in [1.54, 1.807) is 17.6 Å². The SMILES string of the molecule is O=C(c1cccc(OCc2cscn2)c1Cl)N1CCN2C[C@@H](c3ccccc3)CC[C@@H]2C1. The Balaban J connectivity index is 1.23. The minimum atomic E-state index is -0.0149. The highest BCUT2D eigenvalue weighted by Crippen LogP contribution is 2.34. The number of halogens is 1. The van der Waals surface area contributed by atoms with Gasteiger partial charge in [-0.05, 0) is 36.5 Å². The molecule has 32 heavy (non-hydrogen) atoms. The topological polar surface area (TPSA) is 45.7 Å². The first kappa shape index (κ1) is 21.4. The number of benzene rings is 2. The Morgan fingerprint density at radius 3 is 2.78 bits per heavy atom. The molecule has 7 heteroatoms. The summed E-state index contributed by atoms with van der Waals surface area (Å²) in [6, 6.07) is 16.6. The quantitative estimate of drug-likeness (QED) is 0.525. The lowest BCUT2D eigenvalue weighted by molar-refractivity contribution is 0.0329. The molecule has 1 aromatic heterocycles. The number of amides is 1. The summed E-state index contributed by atoms with van der Waals surface area (Å²) < 4.78 is 5.83. The number of aromatic nitrogens is 1. The Labute approximate surface area is 197 Å². The second-order valence-corrected chi connectivity index (χ2v) is 9.57. The zero-order chi connectivity index (χ0) is 21.9. The summed E-state index contributed by atoms with van der Waals surface area (Å²) in [5.41, 5.74) is 4.55. The maximum atomic E-state index is 13.3. The molecular formula is C25H26ClN3O2S. The molecule has 0 radical (unpaired) electrons. The standard InChI is InChI=1S/C25H26ClN3O2S/c26-24-22(7-4-8-23(24)31-15-20-16-32-17-27-20)25(30)29-12-11-28-13-19(9-10-21(28)14-29)18-5-2-1-3-6-18/h1-8,16-17,19,21H,9-15H2/t19-,21+/m0/s1. The van der Waals surface area contributed by atoms with Crippen LogP contribution in [0.2, 0.25) is 5.02 Å². The molecule has 2 aliphatic heterocycles. The predicted molar refractivity (Wildman–Crippen MR) is 128 cm³/mol. The first-order valence-corrected chi connectivity index (χ1v) is 12.4. The second kappa shape index (κ2) is 9.61. The monoisotopic (exact) mass is 467 g/mol. The molecular weight excluding hydrogens is 442 g/mol. The Kier molecular flexibility index (Phi) is 6.44. The summed E-state index contributed by atoms with van der Waals surface area (Å²) in [6.07, 6.45) is 2.27. The van der Waals surface area contributed by atoms with Gasteiger partial charge in [-0.1, -0.05) is 48.0 Å². The lowest BCUT2D eigenvalue weighted by Gasteiger charge is -2.46. The number of rotatable bonds is 5. The smallest absolute Gasteiger partial charge is 0.255 e. The summed E-state index contributed by atoms with van der Waals surface area (Å²) >= 11 is 8.11. The molecule has 2 atom stereocenters. The molecule has 2 aromatic carbocycles. The number of fused-ring (bicyclic) bond motifs is 1. The third kappa shape index (κ3) is 4.53. The molecule has 0 N–H and O–H groups in total. The van der Waals surface area contributed by atoms with E-state index in [9.17, 15) is 4.79 Å². The molecule has 2 saturated heterocycles. The van der Waals surface area contributed by atoms with Crippen LogP contribution in [0.15, 0.2) is 59.4 Å². The molecule has 5 rings (SSSR count). The number of hydrogen-bond donors (Lipinski definition) is 0. The average Bonchev–Trinajstić information content (AvgIpc) is 3.37. The van der Waals surface area contributed by atoms with Gasteiger partial charge >= 0.3 is 0 Å². The van der Waals surface area contributed by atoms with Gasteiger partial charge in [0.1, 0.15) is 12.4 Å². The maximum absolute atomic E-state index is 13.3. The fourth-order valence-electron chi connectivity index (χ4n) is 4.78. The molecule has 3 aromatic rings. The molecule has 166 valence electrons. The van der Waals surface area contributed by atoms with E-state index in [0.29, 0.717) is 34.9 Å². The van der Waals surface area contributed by atoms with Crippen molar-refractivity contribution in [3.63, 3.8) is 0 Å². The minimum Gasteiger partial charge on any atom is -0.486 e. The molecule has 2 fully saturated rings. The lowest BCUT2D eigenvalue weighted by atomic mass is 9.86. The first-order valence-electron chi connectivity index (χ1n) is 11.1. The fraction of sp³-hybridized carbons (Fsp3) is 0.360. The number of piperazine rings is 1. The van der Waals surface area contributed by atoms with Crippen LogP contribution in [0.1, 0.15) is 40.4 Å². The van der Waals surface area contributed by atoms with Crippen molar-refractivity contribution >= 4 is 28.8 Å². The minimum absolute atomic E-state index is 0.0149. The van der Waals surface area contributed by atoms with Crippen LogP contribution in [-0.2, 0) is 6.61 Å². The van der Waals surface area contributed by atoms with Gasteiger partial charge in [0.15, 0.2) is 0 Å². The molecule has 0 aliphatic carbocycles. The lowest BCUT2D eigenvalue weighted by Crippen LogP contribution is -2.57. The average molecular weight is 468 g/mol. The van der Waals surface area contributed by atoms with Crippen molar-refractivity contribution in [3.05, 3.63) is 81.3 Å². The zero-order valence-corrected chi connectivity index (χ0v) is 19.4. The summed E-state index contributed by atoms with van der Waals surface area (Å²) in [5.74, 6) is 1.09. The van der Waals surface area contributed by atoms with E-state index in [2.05, 4.69) is 40.2 Å². The van der Waals surface area contributed by atoms with Gasteiger partial charge in [-0.25, -0.2) is 4.98 Å². The third-order valence-electron chi connectivity index (χ3n) is 6.52. The number of ether oxygens (including phenoxy) is 1. The van der Waals surface area contributed by atoms with Crippen molar-refractivity contribution in [2.75, 3.05) is 26.2 Å². The highest BCUT2D eigenvalue weighted by atomic mass is 35.5. The van der Waals surface area contributed by atoms with Crippen LogP contribution in [0.5, 0.6) is 5.75 Å². The predicted octanol–water partition coefficient (Wildman–Crippen LogP) is 5.08. The molecule has 0 spiro atoms. The van der Waals surface area contributed by atoms with Crippen LogP contribution in [-0.4, -0.2) is 52.9 Å². The molecule has 1 amide bonds. The number of nitrogens with zero attached hydrogens (tertiary/aromatic N) is 3. The first-order chi connectivity index (χ1) is 15.7. The number of thiazole rings is 1. The Hall–Kier alpha value is -2.41. The summed E-state index contributed by atoms with van der Waals surface area (Å²) in [6.45, 7) is 3.77. The van der Waals surface area contributed by atoms with E-state index in [4.69, 9.17) is 16.3 Å². The van der Waals surface area contributed by atoms with Gasteiger partial charge in [0.05, 0.1) is 21.8 Å². The maximum Gasteiger partial charge on any atom is 0.255 e. The molecule has 0 saturated carbocycles. The largest absolute Gasteiger partial charge is 0.486 e. The van der Waals surface area contributed by atoms with E-state index in [1.807, 2.05) is 16.3 Å². The van der Waals surface area contributed by atoms with Gasteiger partial charge in [0.25, 0.3) is 5.91 Å². The Morgan fingerprint density at radius 1 is 1.09 bits per heavy atom. The highest BCUT2D eigenvalue weighted by molar-refractivity contribution is 7.07. The van der Waals surface area contributed by atoms with E-state index < -0.39 is 0 Å². The highest BCUT2D eigenvalue weighted by Gasteiger charge is 2.35. The van der Waals surface area contributed by atoms with Gasteiger partial charge in [-0.2, -0.15) is 0 Å². The summed E-state index contributed by atoms with van der Waals surface area (Å²) in [4.78, 5) is 22.1. The molecule has 2 aliphatic rings. The van der Waals surface area contributed by atoms with Crippen LogP contribution in [0, 0.1) is 0 Å². The molecule has 3 heterocycles. The van der Waals surface area contributed by atoms with Crippen LogP contribution in [0.25, 0.3) is 0 Å². The molecule has 0 bridgehead atoms. The number of carbonyl (C=O) groups is 1.